The Hall–Kier alpha value is -0.470. The van der Waals surface area contributed by atoms with Gasteiger partial charge >= 0.3 is 5.97 Å². The third-order valence-corrected chi connectivity index (χ3v) is 0.713. The molecule has 2 nitrogen and oxygen atoms in total. The molecule has 0 aliphatic rings. The van der Waals surface area contributed by atoms with Gasteiger partial charge in [-0.1, -0.05) is 29.3 Å². The Labute approximate surface area is 62.4 Å². The van der Waals surface area contributed by atoms with Crippen LogP contribution in [0.4, 0.5) is 0 Å². The molecule has 4 heteroatoms. The molecule has 0 aromatic rings. The zero-order chi connectivity index (χ0) is 7.28. The molecule has 0 saturated carbocycles. The molecular formula is C5H4Cl2O2. The largest absolute Gasteiger partial charge is 0.478 e. The number of carboxylic acids is 1. The van der Waals surface area contributed by atoms with Crippen molar-refractivity contribution in [2.24, 2.45) is 0 Å². The van der Waals surface area contributed by atoms with Gasteiger partial charge in [-0.2, -0.15) is 0 Å². The summed E-state index contributed by atoms with van der Waals surface area (Å²) in [4.78, 5) is 9.78. The van der Waals surface area contributed by atoms with E-state index >= 15 is 0 Å². The van der Waals surface area contributed by atoms with Crippen LogP contribution < -0.4 is 0 Å². The Morgan fingerprint density at radius 1 is 1.44 bits per heavy atom. The fraction of sp³-hybridized carbons (Fsp3) is 0. The highest BCUT2D eigenvalue weighted by Gasteiger charge is 1.82. The summed E-state index contributed by atoms with van der Waals surface area (Å²) >= 11 is 10.3. The standard InChI is InChI=1S/C5H4Cl2O2/c6-4(7)2-1-3-5(8)9/h1-3H,(H,8,9)/b3-1-. The van der Waals surface area contributed by atoms with Gasteiger partial charge < -0.3 is 5.11 Å². The Kier molecular flexibility index (Phi) is 4.18. The molecular weight excluding hydrogens is 163 g/mol. The summed E-state index contributed by atoms with van der Waals surface area (Å²) < 4.78 is 0.0347. The first kappa shape index (κ1) is 8.53. The van der Waals surface area contributed by atoms with Crippen LogP contribution in [0.5, 0.6) is 0 Å². The van der Waals surface area contributed by atoms with Crippen LogP contribution in [0.15, 0.2) is 22.7 Å². The molecule has 0 aromatic carbocycles. The molecule has 0 fully saturated rings. The topological polar surface area (TPSA) is 37.3 Å². The number of hydrogen-bond acceptors (Lipinski definition) is 1. The average Bonchev–Trinajstić information content (AvgIpc) is 1.63. The normalized spacial score (nSPS) is 9.56. The molecule has 0 aliphatic carbocycles. The van der Waals surface area contributed by atoms with Crippen LogP contribution in [0, 0.1) is 0 Å². The number of aliphatic carboxylic acids is 1. The first-order valence-electron chi connectivity index (χ1n) is 2.05. The van der Waals surface area contributed by atoms with Crippen molar-refractivity contribution in [3.05, 3.63) is 22.7 Å². The van der Waals surface area contributed by atoms with Gasteiger partial charge in [0.2, 0.25) is 0 Å². The van der Waals surface area contributed by atoms with Crippen molar-refractivity contribution < 1.29 is 9.90 Å². The van der Waals surface area contributed by atoms with Gasteiger partial charge in [0, 0.05) is 6.08 Å². The van der Waals surface area contributed by atoms with Crippen LogP contribution in [-0.2, 0) is 4.79 Å². The summed E-state index contributed by atoms with van der Waals surface area (Å²) in [6, 6.07) is 0. The van der Waals surface area contributed by atoms with Crippen molar-refractivity contribution >= 4 is 29.2 Å². The Morgan fingerprint density at radius 3 is 2.33 bits per heavy atom. The lowest BCUT2D eigenvalue weighted by Crippen LogP contribution is -1.84. The lowest BCUT2D eigenvalue weighted by Gasteiger charge is -1.75. The molecule has 0 atom stereocenters. The smallest absolute Gasteiger partial charge is 0.328 e. The third-order valence-electron chi connectivity index (χ3n) is 0.461. The second-order valence-electron chi connectivity index (χ2n) is 1.15. The highest BCUT2D eigenvalue weighted by molar-refractivity contribution is 6.55. The monoisotopic (exact) mass is 166 g/mol. The fourth-order valence-electron chi connectivity index (χ4n) is 0.203. The van der Waals surface area contributed by atoms with Crippen LogP contribution in [0.3, 0.4) is 0 Å². The highest BCUT2D eigenvalue weighted by Crippen LogP contribution is 2.05. The van der Waals surface area contributed by atoms with Gasteiger partial charge in [0.1, 0.15) is 4.49 Å². The number of carboxylic acid groups (broad SMARTS) is 1. The van der Waals surface area contributed by atoms with E-state index in [1.807, 2.05) is 0 Å². The lowest BCUT2D eigenvalue weighted by molar-refractivity contribution is -0.131. The van der Waals surface area contributed by atoms with E-state index in [4.69, 9.17) is 28.3 Å². The molecule has 50 valence electrons. The second-order valence-corrected chi connectivity index (χ2v) is 2.16. The van der Waals surface area contributed by atoms with Crippen LogP contribution >= 0.6 is 23.2 Å². The Bertz CT molecular complexity index is 156. The third kappa shape index (κ3) is 7.53. The SMILES string of the molecule is O=C(O)/C=C\C=C(Cl)Cl. The maximum Gasteiger partial charge on any atom is 0.328 e. The second kappa shape index (κ2) is 4.41. The Balaban J connectivity index is 3.74. The zero-order valence-electron chi connectivity index (χ0n) is 4.34. The van der Waals surface area contributed by atoms with Crippen molar-refractivity contribution in [2.75, 3.05) is 0 Å². The first-order valence-corrected chi connectivity index (χ1v) is 2.81. The van der Waals surface area contributed by atoms with E-state index in [9.17, 15) is 4.79 Å². The molecule has 0 aromatic heterocycles. The van der Waals surface area contributed by atoms with E-state index in [0.717, 1.165) is 6.08 Å². The van der Waals surface area contributed by atoms with Crippen molar-refractivity contribution in [2.45, 2.75) is 0 Å². The van der Waals surface area contributed by atoms with Gasteiger partial charge in [-0.3, -0.25) is 0 Å². The van der Waals surface area contributed by atoms with Gasteiger partial charge in [0.05, 0.1) is 0 Å². The maximum atomic E-state index is 9.78. The summed E-state index contributed by atoms with van der Waals surface area (Å²) in [6.45, 7) is 0. The zero-order valence-corrected chi connectivity index (χ0v) is 5.86. The van der Waals surface area contributed by atoms with Crippen molar-refractivity contribution in [3.63, 3.8) is 0 Å². The van der Waals surface area contributed by atoms with Gasteiger partial charge in [-0.05, 0) is 6.08 Å². The summed E-state index contributed by atoms with van der Waals surface area (Å²) in [5.41, 5.74) is 0. The number of carbonyl (C=O) groups is 1. The molecule has 0 radical (unpaired) electrons. The van der Waals surface area contributed by atoms with Crippen LogP contribution in [-0.4, -0.2) is 11.1 Å². The number of halogens is 2. The molecule has 0 rings (SSSR count). The van der Waals surface area contributed by atoms with E-state index in [0.29, 0.717) is 0 Å². The predicted octanol–water partition coefficient (Wildman–Crippen LogP) is 1.95. The molecule has 9 heavy (non-hydrogen) atoms. The van der Waals surface area contributed by atoms with Gasteiger partial charge in [0.25, 0.3) is 0 Å². The molecule has 0 unspecified atom stereocenters. The van der Waals surface area contributed by atoms with E-state index in [1.165, 1.54) is 12.2 Å². The molecule has 0 heterocycles. The van der Waals surface area contributed by atoms with Crippen LogP contribution in [0.1, 0.15) is 0 Å². The molecule has 0 amide bonds. The molecule has 0 bridgehead atoms. The predicted molar refractivity (Wildman–Crippen MR) is 36.6 cm³/mol. The maximum absolute atomic E-state index is 9.78. The van der Waals surface area contributed by atoms with Gasteiger partial charge in [-0.25, -0.2) is 4.79 Å². The summed E-state index contributed by atoms with van der Waals surface area (Å²) in [6.07, 6.45) is 3.46. The summed E-state index contributed by atoms with van der Waals surface area (Å²) in [7, 11) is 0. The van der Waals surface area contributed by atoms with E-state index in [2.05, 4.69) is 0 Å². The minimum absolute atomic E-state index is 0.0347. The van der Waals surface area contributed by atoms with Gasteiger partial charge in [-0.15, -0.1) is 0 Å². The number of hydrogen-bond donors (Lipinski definition) is 1. The van der Waals surface area contributed by atoms with Crippen LogP contribution in [0.25, 0.3) is 0 Å². The van der Waals surface area contributed by atoms with Crippen molar-refractivity contribution in [1.29, 1.82) is 0 Å². The van der Waals surface area contributed by atoms with Crippen molar-refractivity contribution in [3.8, 4) is 0 Å². The lowest BCUT2D eigenvalue weighted by atomic mass is 10.5. The quantitative estimate of drug-likeness (QED) is 0.504. The minimum Gasteiger partial charge on any atom is -0.478 e. The van der Waals surface area contributed by atoms with Crippen molar-refractivity contribution in [1.82, 2.24) is 0 Å². The Morgan fingerprint density at radius 2 is 2.00 bits per heavy atom. The molecule has 0 saturated heterocycles. The molecule has 1 N–H and O–H groups in total. The minimum atomic E-state index is -1.03. The molecule has 0 aliphatic heterocycles. The number of allylic oxidation sites excluding steroid dienone is 2. The van der Waals surface area contributed by atoms with E-state index < -0.39 is 5.97 Å². The highest BCUT2D eigenvalue weighted by atomic mass is 35.5. The van der Waals surface area contributed by atoms with Crippen LogP contribution in [0.2, 0.25) is 0 Å². The fourth-order valence-corrected chi connectivity index (χ4v) is 0.349. The summed E-state index contributed by atoms with van der Waals surface area (Å²) in [5.74, 6) is -1.03. The van der Waals surface area contributed by atoms with E-state index in [1.54, 1.807) is 0 Å². The van der Waals surface area contributed by atoms with E-state index in [-0.39, 0.29) is 4.49 Å². The number of rotatable bonds is 2. The summed E-state index contributed by atoms with van der Waals surface area (Å²) in [5, 5.41) is 8.02. The average molecular weight is 167 g/mol. The first-order chi connectivity index (χ1) is 4.13. The van der Waals surface area contributed by atoms with Gasteiger partial charge in [0.15, 0.2) is 0 Å². The molecule has 0 spiro atoms.